The van der Waals surface area contributed by atoms with Gasteiger partial charge in [-0.15, -0.1) is 11.3 Å². The zero-order chi connectivity index (χ0) is 15.6. The average Bonchev–Trinajstić information content (AvgIpc) is 2.73. The van der Waals surface area contributed by atoms with Crippen LogP contribution in [0.5, 0.6) is 0 Å². The van der Waals surface area contributed by atoms with Crippen molar-refractivity contribution in [3.63, 3.8) is 0 Å². The van der Waals surface area contributed by atoms with Gasteiger partial charge in [0.15, 0.2) is 0 Å². The number of thiophene rings is 1. The topological polar surface area (TPSA) is 12.0 Å². The molecule has 0 saturated carbocycles. The summed E-state index contributed by atoms with van der Waals surface area (Å²) in [5, 5.41) is 6.45. The van der Waals surface area contributed by atoms with Gasteiger partial charge in [-0.25, -0.2) is 4.39 Å². The molecule has 0 radical (unpaired) electrons. The van der Waals surface area contributed by atoms with E-state index >= 15 is 0 Å². The van der Waals surface area contributed by atoms with Crippen LogP contribution >= 0.6 is 22.9 Å². The fourth-order valence-corrected chi connectivity index (χ4v) is 4.02. The largest absolute Gasteiger partial charge is 0.306 e. The maximum absolute atomic E-state index is 13.6. The third-order valence-corrected chi connectivity index (χ3v) is 5.41. The minimum atomic E-state index is -0.184. The van der Waals surface area contributed by atoms with E-state index in [-0.39, 0.29) is 11.9 Å². The average molecular weight is 326 g/mol. The molecule has 0 saturated heterocycles. The highest BCUT2D eigenvalue weighted by Crippen LogP contribution is 2.38. The third-order valence-electron chi connectivity index (χ3n) is 3.63. The number of hydrogen-bond acceptors (Lipinski definition) is 2. The Morgan fingerprint density at radius 1 is 1.19 bits per heavy atom. The van der Waals surface area contributed by atoms with Crippen molar-refractivity contribution in [1.29, 1.82) is 0 Å². The summed E-state index contributed by atoms with van der Waals surface area (Å²) in [5.74, 6) is -0.184. The molecule has 0 spiro atoms. The molecule has 1 heterocycles. The number of rotatable bonds is 5. The molecular weight excluding hydrogens is 305 g/mol. The van der Waals surface area contributed by atoms with Gasteiger partial charge in [-0.3, -0.25) is 0 Å². The minimum Gasteiger partial charge on any atom is -0.306 e. The molecule has 0 aliphatic rings. The zero-order valence-corrected chi connectivity index (χ0v) is 14.5. The van der Waals surface area contributed by atoms with E-state index in [1.165, 1.54) is 0 Å². The summed E-state index contributed by atoms with van der Waals surface area (Å²) in [4.78, 5) is 1.11. The van der Waals surface area contributed by atoms with E-state index in [9.17, 15) is 4.39 Å². The Bertz CT molecular complexity index is 613. The molecule has 0 fully saturated rings. The number of halogens is 2. The standard InChI is InChI=1S/C17H21ClFNS/c1-5-6-20-16(17-15(18)12(4)9-21-17)14-10(2)7-13(19)8-11(14)3/h7-9,16,20H,5-6H2,1-4H3. The fourth-order valence-electron chi connectivity index (χ4n) is 2.64. The lowest BCUT2D eigenvalue weighted by molar-refractivity contribution is 0.592. The summed E-state index contributed by atoms with van der Waals surface area (Å²) in [7, 11) is 0. The van der Waals surface area contributed by atoms with E-state index in [0.717, 1.165) is 45.1 Å². The maximum Gasteiger partial charge on any atom is 0.123 e. The Morgan fingerprint density at radius 3 is 2.29 bits per heavy atom. The molecule has 2 aromatic rings. The summed E-state index contributed by atoms with van der Waals surface area (Å²) in [6, 6.07) is 3.21. The van der Waals surface area contributed by atoms with Crippen LogP contribution in [0.15, 0.2) is 17.5 Å². The summed E-state index contributed by atoms with van der Waals surface area (Å²) >= 11 is 8.13. The van der Waals surface area contributed by atoms with Gasteiger partial charge in [0.1, 0.15) is 5.82 Å². The first-order valence-electron chi connectivity index (χ1n) is 7.19. The van der Waals surface area contributed by atoms with Crippen molar-refractivity contribution in [2.45, 2.75) is 40.2 Å². The maximum atomic E-state index is 13.6. The van der Waals surface area contributed by atoms with Crippen LogP contribution in [0.3, 0.4) is 0 Å². The van der Waals surface area contributed by atoms with E-state index in [0.29, 0.717) is 0 Å². The van der Waals surface area contributed by atoms with Gasteiger partial charge in [0.05, 0.1) is 11.1 Å². The molecule has 1 nitrogen and oxygen atoms in total. The van der Waals surface area contributed by atoms with Crippen molar-refractivity contribution in [1.82, 2.24) is 5.32 Å². The van der Waals surface area contributed by atoms with Gasteiger partial charge in [-0.2, -0.15) is 0 Å². The van der Waals surface area contributed by atoms with E-state index in [1.807, 2.05) is 20.8 Å². The van der Waals surface area contributed by atoms with Gasteiger partial charge >= 0.3 is 0 Å². The predicted molar refractivity (Wildman–Crippen MR) is 90.1 cm³/mol. The first-order valence-corrected chi connectivity index (χ1v) is 8.45. The minimum absolute atomic E-state index is 0.0248. The highest BCUT2D eigenvalue weighted by atomic mass is 35.5. The van der Waals surface area contributed by atoms with Crippen molar-refractivity contribution in [3.8, 4) is 0 Å². The molecular formula is C17H21ClFNS. The second-order valence-electron chi connectivity index (χ2n) is 5.44. The summed E-state index contributed by atoms with van der Waals surface area (Å²) < 4.78 is 13.6. The Labute approximate surface area is 135 Å². The van der Waals surface area contributed by atoms with Gasteiger partial charge < -0.3 is 5.32 Å². The van der Waals surface area contributed by atoms with Crippen molar-refractivity contribution in [2.75, 3.05) is 6.54 Å². The zero-order valence-electron chi connectivity index (χ0n) is 12.9. The SMILES string of the molecule is CCCNC(c1scc(C)c1Cl)c1c(C)cc(F)cc1C. The first-order chi connectivity index (χ1) is 9.95. The lowest BCUT2D eigenvalue weighted by atomic mass is 9.94. The van der Waals surface area contributed by atoms with E-state index in [4.69, 9.17) is 11.6 Å². The molecule has 1 unspecified atom stereocenters. The Morgan fingerprint density at radius 2 is 1.81 bits per heavy atom. The number of hydrogen-bond donors (Lipinski definition) is 1. The van der Waals surface area contributed by atoms with Gasteiger partial charge in [-0.1, -0.05) is 18.5 Å². The number of aryl methyl sites for hydroxylation is 3. The lowest BCUT2D eigenvalue weighted by Gasteiger charge is -2.23. The van der Waals surface area contributed by atoms with Crippen molar-refractivity contribution in [2.24, 2.45) is 0 Å². The van der Waals surface area contributed by atoms with Crippen LogP contribution in [0, 0.1) is 26.6 Å². The van der Waals surface area contributed by atoms with Gasteiger partial charge in [0.2, 0.25) is 0 Å². The summed E-state index contributed by atoms with van der Waals surface area (Å²) in [6.07, 6.45) is 1.04. The van der Waals surface area contributed by atoms with Gasteiger partial charge in [-0.05, 0) is 73.5 Å². The van der Waals surface area contributed by atoms with Gasteiger partial charge in [0.25, 0.3) is 0 Å². The number of nitrogens with one attached hydrogen (secondary N) is 1. The fraction of sp³-hybridized carbons (Fsp3) is 0.412. The molecule has 1 aromatic heterocycles. The Balaban J connectivity index is 2.53. The van der Waals surface area contributed by atoms with E-state index in [2.05, 4.69) is 17.6 Å². The van der Waals surface area contributed by atoms with Crippen molar-refractivity contribution >= 4 is 22.9 Å². The second-order valence-corrected chi connectivity index (χ2v) is 6.73. The van der Waals surface area contributed by atoms with Crippen LogP contribution < -0.4 is 5.32 Å². The summed E-state index contributed by atoms with van der Waals surface area (Å²) in [6.45, 7) is 8.97. The van der Waals surface area contributed by atoms with Crippen molar-refractivity contribution < 1.29 is 4.39 Å². The molecule has 21 heavy (non-hydrogen) atoms. The Hall–Kier alpha value is -0.900. The van der Waals surface area contributed by atoms with Crippen LogP contribution in [0.25, 0.3) is 0 Å². The first kappa shape index (κ1) is 16.5. The smallest absolute Gasteiger partial charge is 0.123 e. The predicted octanol–water partition coefficient (Wildman–Crippen LogP) is 5.55. The van der Waals surface area contributed by atoms with Gasteiger partial charge in [0, 0.05) is 4.88 Å². The lowest BCUT2D eigenvalue weighted by Crippen LogP contribution is -2.24. The van der Waals surface area contributed by atoms with E-state index in [1.54, 1.807) is 23.5 Å². The summed E-state index contributed by atoms with van der Waals surface area (Å²) in [5.41, 5.74) is 4.15. The van der Waals surface area contributed by atoms with Crippen molar-refractivity contribution in [3.05, 3.63) is 55.5 Å². The number of benzene rings is 1. The highest BCUT2D eigenvalue weighted by Gasteiger charge is 2.23. The molecule has 114 valence electrons. The third kappa shape index (κ3) is 3.47. The monoisotopic (exact) mass is 325 g/mol. The normalized spacial score (nSPS) is 12.7. The van der Waals surface area contributed by atoms with Crippen LogP contribution in [-0.4, -0.2) is 6.54 Å². The van der Waals surface area contributed by atoms with Crippen LogP contribution in [0.2, 0.25) is 5.02 Å². The molecule has 1 aromatic carbocycles. The quantitative estimate of drug-likeness (QED) is 0.759. The highest BCUT2D eigenvalue weighted by molar-refractivity contribution is 7.10. The van der Waals surface area contributed by atoms with Crippen LogP contribution in [0.1, 0.15) is 46.5 Å². The molecule has 1 atom stereocenters. The Kier molecular flexibility index (Phi) is 5.42. The molecule has 1 N–H and O–H groups in total. The molecule has 4 heteroatoms. The van der Waals surface area contributed by atoms with Crippen LogP contribution in [0.4, 0.5) is 4.39 Å². The van der Waals surface area contributed by atoms with E-state index < -0.39 is 0 Å². The molecule has 0 bridgehead atoms. The van der Waals surface area contributed by atoms with Crippen LogP contribution in [-0.2, 0) is 0 Å². The molecule has 0 aliphatic heterocycles. The molecule has 0 aliphatic carbocycles. The molecule has 0 amide bonds. The molecule has 2 rings (SSSR count). The second kappa shape index (κ2) is 6.91.